The third-order valence-electron chi connectivity index (χ3n) is 2.59. The molecule has 0 bridgehead atoms. The average Bonchev–Trinajstić information content (AvgIpc) is 2.59. The second-order valence-corrected chi connectivity index (χ2v) is 4.08. The molecule has 1 aromatic heterocycles. The number of aryl methyl sites for hydroxylation is 2. The lowest BCUT2D eigenvalue weighted by atomic mass is 10.1. The lowest BCUT2D eigenvalue weighted by Gasteiger charge is -2.12. The van der Waals surface area contributed by atoms with E-state index < -0.39 is 0 Å². The molecule has 1 aromatic rings. The van der Waals surface area contributed by atoms with E-state index in [0.717, 1.165) is 18.5 Å². The molecule has 0 aliphatic heterocycles. The molecule has 0 saturated heterocycles. The molecular weight excluding hydrogens is 204 g/mol. The van der Waals surface area contributed by atoms with E-state index in [2.05, 4.69) is 17.4 Å². The number of carbonyl (C=O) groups excluding carboxylic acids is 1. The Morgan fingerprint density at radius 3 is 2.75 bits per heavy atom. The molecule has 0 spiro atoms. The number of hydrogen-bond acceptors (Lipinski definition) is 3. The molecule has 0 saturated carbocycles. The van der Waals surface area contributed by atoms with Crippen LogP contribution < -0.4 is 5.32 Å². The summed E-state index contributed by atoms with van der Waals surface area (Å²) in [6, 6.07) is 0.191. The molecule has 1 heterocycles. The Bertz CT molecular complexity index is 358. The van der Waals surface area contributed by atoms with Gasteiger partial charge < -0.3 is 9.84 Å². The van der Waals surface area contributed by atoms with Gasteiger partial charge in [0.2, 0.25) is 0 Å². The molecular formula is C12H20N2O2. The smallest absolute Gasteiger partial charge is 0.257 e. The topological polar surface area (TPSA) is 55.1 Å². The zero-order valence-corrected chi connectivity index (χ0v) is 10.5. The fraction of sp³-hybridized carbons (Fsp3) is 0.667. The predicted octanol–water partition coefficient (Wildman–Crippen LogP) is 2.46. The first kappa shape index (κ1) is 12.7. The van der Waals surface area contributed by atoms with Crippen LogP contribution in [0.3, 0.4) is 0 Å². The Morgan fingerprint density at radius 1 is 1.50 bits per heavy atom. The van der Waals surface area contributed by atoms with Crippen molar-refractivity contribution in [1.82, 2.24) is 10.5 Å². The minimum atomic E-state index is -0.0726. The summed E-state index contributed by atoms with van der Waals surface area (Å²) >= 11 is 0. The molecule has 0 fully saturated rings. The fourth-order valence-corrected chi connectivity index (χ4v) is 1.75. The minimum Gasteiger partial charge on any atom is -0.361 e. The Balaban J connectivity index is 2.75. The number of carbonyl (C=O) groups is 1. The predicted molar refractivity (Wildman–Crippen MR) is 62.5 cm³/mol. The number of rotatable bonds is 5. The van der Waals surface area contributed by atoms with Crippen molar-refractivity contribution in [3.8, 4) is 0 Å². The molecule has 1 rings (SSSR count). The third kappa shape index (κ3) is 2.84. The van der Waals surface area contributed by atoms with Crippen molar-refractivity contribution < 1.29 is 9.32 Å². The number of amides is 1. The summed E-state index contributed by atoms with van der Waals surface area (Å²) in [5, 5.41) is 6.83. The maximum absolute atomic E-state index is 12.0. The molecule has 1 N–H and O–H groups in total. The van der Waals surface area contributed by atoms with Crippen molar-refractivity contribution in [3.63, 3.8) is 0 Å². The first-order valence-electron chi connectivity index (χ1n) is 5.86. The van der Waals surface area contributed by atoms with Gasteiger partial charge in [0.05, 0.1) is 5.69 Å². The molecule has 1 amide bonds. The van der Waals surface area contributed by atoms with E-state index in [0.29, 0.717) is 17.7 Å². The van der Waals surface area contributed by atoms with E-state index in [9.17, 15) is 4.79 Å². The highest BCUT2D eigenvalue weighted by Crippen LogP contribution is 2.14. The quantitative estimate of drug-likeness (QED) is 0.835. The van der Waals surface area contributed by atoms with E-state index in [1.54, 1.807) is 6.92 Å². The van der Waals surface area contributed by atoms with Gasteiger partial charge in [-0.25, -0.2) is 0 Å². The molecule has 90 valence electrons. The van der Waals surface area contributed by atoms with E-state index in [1.165, 1.54) is 0 Å². The van der Waals surface area contributed by atoms with Crippen molar-refractivity contribution in [2.45, 2.75) is 53.0 Å². The highest BCUT2D eigenvalue weighted by Gasteiger charge is 2.19. The van der Waals surface area contributed by atoms with Crippen LogP contribution in [0, 0.1) is 6.92 Å². The average molecular weight is 224 g/mol. The van der Waals surface area contributed by atoms with Crippen LogP contribution in [-0.4, -0.2) is 17.1 Å². The summed E-state index contributed by atoms with van der Waals surface area (Å²) in [5.74, 6) is 0.523. The standard InChI is InChI=1S/C12H20N2O2/c1-5-7-8(3)13-12(15)11-9(4)16-14-10(11)6-2/h8H,5-7H2,1-4H3,(H,13,15)/t8-/m0/s1. The maximum Gasteiger partial charge on any atom is 0.257 e. The van der Waals surface area contributed by atoms with E-state index in [-0.39, 0.29) is 11.9 Å². The Kier molecular flexibility index (Phi) is 4.52. The Hall–Kier alpha value is -1.32. The Labute approximate surface area is 96.4 Å². The summed E-state index contributed by atoms with van der Waals surface area (Å²) in [6.45, 7) is 7.84. The van der Waals surface area contributed by atoms with Crippen molar-refractivity contribution in [3.05, 3.63) is 17.0 Å². The summed E-state index contributed by atoms with van der Waals surface area (Å²) in [6.07, 6.45) is 2.75. The van der Waals surface area contributed by atoms with Gasteiger partial charge in [-0.2, -0.15) is 0 Å². The van der Waals surface area contributed by atoms with Crippen LogP contribution in [0.1, 0.15) is 55.4 Å². The second-order valence-electron chi connectivity index (χ2n) is 4.08. The molecule has 1 atom stereocenters. The van der Waals surface area contributed by atoms with Crippen LogP contribution >= 0.6 is 0 Å². The lowest BCUT2D eigenvalue weighted by Crippen LogP contribution is -2.33. The zero-order chi connectivity index (χ0) is 12.1. The number of nitrogens with one attached hydrogen (secondary N) is 1. The maximum atomic E-state index is 12.0. The molecule has 4 heteroatoms. The Morgan fingerprint density at radius 2 is 2.19 bits per heavy atom. The third-order valence-corrected chi connectivity index (χ3v) is 2.59. The summed E-state index contributed by atoms with van der Waals surface area (Å²) in [7, 11) is 0. The number of aromatic nitrogens is 1. The fourth-order valence-electron chi connectivity index (χ4n) is 1.75. The van der Waals surface area contributed by atoms with Crippen molar-refractivity contribution in [1.29, 1.82) is 0 Å². The number of nitrogens with zero attached hydrogens (tertiary/aromatic N) is 1. The zero-order valence-electron chi connectivity index (χ0n) is 10.5. The monoisotopic (exact) mass is 224 g/mol. The van der Waals surface area contributed by atoms with Crippen molar-refractivity contribution in [2.75, 3.05) is 0 Å². The highest BCUT2D eigenvalue weighted by atomic mass is 16.5. The van der Waals surface area contributed by atoms with Gasteiger partial charge in [-0.1, -0.05) is 25.4 Å². The first-order chi connectivity index (χ1) is 7.60. The van der Waals surface area contributed by atoms with Gasteiger partial charge >= 0.3 is 0 Å². The van der Waals surface area contributed by atoms with Gasteiger partial charge in [-0.15, -0.1) is 0 Å². The summed E-state index contributed by atoms with van der Waals surface area (Å²) < 4.78 is 5.04. The minimum absolute atomic E-state index is 0.0726. The lowest BCUT2D eigenvalue weighted by molar-refractivity contribution is 0.0936. The second kappa shape index (κ2) is 5.68. The molecule has 0 aliphatic rings. The van der Waals surface area contributed by atoms with Crippen LogP contribution in [0.25, 0.3) is 0 Å². The van der Waals surface area contributed by atoms with Gasteiger partial charge in [0, 0.05) is 6.04 Å². The molecule has 0 unspecified atom stereocenters. The van der Waals surface area contributed by atoms with Crippen LogP contribution in [-0.2, 0) is 6.42 Å². The normalized spacial score (nSPS) is 12.5. The van der Waals surface area contributed by atoms with Crippen molar-refractivity contribution in [2.24, 2.45) is 0 Å². The first-order valence-corrected chi connectivity index (χ1v) is 5.86. The largest absolute Gasteiger partial charge is 0.361 e. The van der Waals surface area contributed by atoms with Gasteiger partial charge in [0.15, 0.2) is 0 Å². The van der Waals surface area contributed by atoms with Crippen LogP contribution in [0.5, 0.6) is 0 Å². The van der Waals surface area contributed by atoms with Gasteiger partial charge in [-0.05, 0) is 26.7 Å². The van der Waals surface area contributed by atoms with Gasteiger partial charge in [0.1, 0.15) is 11.3 Å². The molecule has 0 aliphatic carbocycles. The van der Waals surface area contributed by atoms with Crippen LogP contribution in [0.15, 0.2) is 4.52 Å². The van der Waals surface area contributed by atoms with Gasteiger partial charge in [0.25, 0.3) is 5.91 Å². The SMILES string of the molecule is CCC[C@H](C)NC(=O)c1c(CC)noc1C. The summed E-state index contributed by atoms with van der Waals surface area (Å²) in [4.78, 5) is 12.0. The highest BCUT2D eigenvalue weighted by molar-refractivity contribution is 5.96. The molecule has 16 heavy (non-hydrogen) atoms. The van der Waals surface area contributed by atoms with E-state index in [4.69, 9.17) is 4.52 Å². The molecule has 0 aromatic carbocycles. The number of hydrogen-bond donors (Lipinski definition) is 1. The molecule has 0 radical (unpaired) electrons. The van der Waals surface area contributed by atoms with Crippen LogP contribution in [0.2, 0.25) is 0 Å². The van der Waals surface area contributed by atoms with E-state index >= 15 is 0 Å². The molecule has 4 nitrogen and oxygen atoms in total. The van der Waals surface area contributed by atoms with Crippen LogP contribution in [0.4, 0.5) is 0 Å². The summed E-state index contributed by atoms with van der Waals surface area (Å²) in [5.41, 5.74) is 1.34. The van der Waals surface area contributed by atoms with Gasteiger partial charge in [-0.3, -0.25) is 4.79 Å². The van der Waals surface area contributed by atoms with E-state index in [1.807, 2.05) is 13.8 Å². The van der Waals surface area contributed by atoms with Crippen molar-refractivity contribution >= 4 is 5.91 Å².